The molecule has 9 heteroatoms. The van der Waals surface area contributed by atoms with Gasteiger partial charge >= 0.3 is 0 Å². The van der Waals surface area contributed by atoms with E-state index in [1.165, 1.54) is 17.0 Å². The Bertz CT molecular complexity index is 1010. The third kappa shape index (κ3) is 5.92. The van der Waals surface area contributed by atoms with Gasteiger partial charge in [0.05, 0.1) is 32.6 Å². The Labute approximate surface area is 199 Å². The molecule has 9 nitrogen and oxygen atoms in total. The van der Waals surface area contributed by atoms with Gasteiger partial charge < -0.3 is 23.8 Å². The number of rotatable bonds is 11. The molecular weight excluding hydrogens is 438 g/mol. The van der Waals surface area contributed by atoms with Crippen LogP contribution in [0.25, 0.3) is 0 Å². The molecule has 0 radical (unpaired) electrons. The maximum Gasteiger partial charge on any atom is 0.262 e. The fraction of sp³-hybridized carbons (Fsp3) is 0.400. The fourth-order valence-corrected chi connectivity index (χ4v) is 3.83. The van der Waals surface area contributed by atoms with E-state index in [1.807, 2.05) is 48.5 Å². The van der Waals surface area contributed by atoms with E-state index in [-0.39, 0.29) is 37.6 Å². The van der Waals surface area contributed by atoms with Crippen LogP contribution in [-0.2, 0) is 19.1 Å². The van der Waals surface area contributed by atoms with E-state index in [9.17, 15) is 9.59 Å². The number of hydrogen-bond acceptors (Lipinski definition) is 7. The first-order valence-corrected chi connectivity index (χ1v) is 10.9. The average molecular weight is 470 g/mol. The van der Waals surface area contributed by atoms with Crippen molar-refractivity contribution < 1.29 is 28.5 Å². The predicted molar refractivity (Wildman–Crippen MR) is 127 cm³/mol. The lowest BCUT2D eigenvalue weighted by atomic mass is 9.97. The molecule has 0 N–H and O–H groups in total. The molecule has 182 valence electrons. The van der Waals surface area contributed by atoms with Gasteiger partial charge in [0.15, 0.2) is 0 Å². The normalized spacial score (nSPS) is 15.1. The lowest BCUT2D eigenvalue weighted by Gasteiger charge is -2.27. The molecule has 1 atom stereocenters. The zero-order valence-electron chi connectivity index (χ0n) is 20.0. The highest BCUT2D eigenvalue weighted by molar-refractivity contribution is 6.03. The van der Waals surface area contributed by atoms with Crippen molar-refractivity contribution in [3.63, 3.8) is 0 Å². The van der Waals surface area contributed by atoms with Crippen LogP contribution in [0.5, 0.6) is 11.5 Å². The van der Waals surface area contributed by atoms with Crippen LogP contribution in [0.4, 0.5) is 0 Å². The maximum absolute atomic E-state index is 13.5. The highest BCUT2D eigenvalue weighted by atomic mass is 16.5. The fourth-order valence-electron chi connectivity index (χ4n) is 3.83. The molecule has 0 fully saturated rings. The quantitative estimate of drug-likeness (QED) is 0.502. The molecule has 2 aromatic rings. The predicted octanol–water partition coefficient (Wildman–Crippen LogP) is 2.50. The molecule has 3 rings (SSSR count). The lowest BCUT2D eigenvalue weighted by Crippen LogP contribution is -2.44. The van der Waals surface area contributed by atoms with Crippen LogP contribution in [0.15, 0.2) is 53.6 Å². The second-order valence-electron chi connectivity index (χ2n) is 7.72. The summed E-state index contributed by atoms with van der Waals surface area (Å²) in [6.45, 7) is 0.315. The van der Waals surface area contributed by atoms with Crippen LogP contribution >= 0.6 is 0 Å². The topological polar surface area (TPSA) is 89.9 Å². The summed E-state index contributed by atoms with van der Waals surface area (Å²) in [4.78, 5) is 27.4. The highest BCUT2D eigenvalue weighted by Gasteiger charge is 2.35. The van der Waals surface area contributed by atoms with Gasteiger partial charge in [-0.25, -0.2) is 5.01 Å². The van der Waals surface area contributed by atoms with Crippen LogP contribution in [0.2, 0.25) is 0 Å². The largest absolute Gasteiger partial charge is 0.497 e. The van der Waals surface area contributed by atoms with Gasteiger partial charge in [0.1, 0.15) is 24.7 Å². The van der Waals surface area contributed by atoms with Crippen LogP contribution in [0.1, 0.15) is 23.6 Å². The van der Waals surface area contributed by atoms with E-state index < -0.39 is 0 Å². The maximum atomic E-state index is 13.5. The second kappa shape index (κ2) is 12.2. The van der Waals surface area contributed by atoms with Gasteiger partial charge in [-0.05, 0) is 35.9 Å². The van der Waals surface area contributed by atoms with Crippen LogP contribution in [-0.4, -0.2) is 82.2 Å². The first-order valence-electron chi connectivity index (χ1n) is 10.9. The molecule has 0 spiro atoms. The highest BCUT2D eigenvalue weighted by Crippen LogP contribution is 2.37. The Morgan fingerprint density at radius 2 is 1.74 bits per heavy atom. The molecule has 2 amide bonds. The summed E-state index contributed by atoms with van der Waals surface area (Å²) in [5.74, 6) is 0.811. The van der Waals surface area contributed by atoms with Crippen molar-refractivity contribution in [2.45, 2.75) is 12.5 Å². The lowest BCUT2D eigenvalue weighted by molar-refractivity contribution is -0.144. The number of hydrazone groups is 1. The summed E-state index contributed by atoms with van der Waals surface area (Å²) < 4.78 is 20.9. The molecule has 0 bridgehead atoms. The SMILES string of the molecule is COCCN(CC(=O)N1N=C(c2ccc(OC)cc2)C[C@@H]1c1ccccc1OC)C(=O)COC. The minimum absolute atomic E-state index is 0.118. The summed E-state index contributed by atoms with van der Waals surface area (Å²) >= 11 is 0. The standard InChI is InChI=1S/C25H31N3O6/c1-31-14-13-27(25(30)17-32-2)16-24(29)28-22(20-7-5-6-8-23(20)34-4)15-21(26-28)18-9-11-19(33-3)12-10-18/h5-12,22H,13-17H2,1-4H3/t22-/m1/s1. The first kappa shape index (κ1) is 25.2. The molecule has 34 heavy (non-hydrogen) atoms. The van der Waals surface area contributed by atoms with Crippen LogP contribution < -0.4 is 9.47 Å². The van der Waals surface area contributed by atoms with E-state index in [0.29, 0.717) is 18.8 Å². The van der Waals surface area contributed by atoms with Gasteiger partial charge in [-0.1, -0.05) is 18.2 Å². The van der Waals surface area contributed by atoms with Gasteiger partial charge in [-0.2, -0.15) is 5.10 Å². The number of para-hydroxylation sites is 1. The second-order valence-corrected chi connectivity index (χ2v) is 7.72. The Kier molecular flexibility index (Phi) is 9.00. The van der Waals surface area contributed by atoms with E-state index >= 15 is 0 Å². The number of carbonyl (C=O) groups excluding carboxylic acids is 2. The summed E-state index contributed by atoms with van der Waals surface area (Å²) in [7, 11) is 6.20. The van der Waals surface area contributed by atoms with Crippen molar-refractivity contribution in [1.29, 1.82) is 0 Å². The first-order chi connectivity index (χ1) is 16.5. The molecule has 2 aromatic carbocycles. The summed E-state index contributed by atoms with van der Waals surface area (Å²) in [5, 5.41) is 6.14. The van der Waals surface area contributed by atoms with Crippen LogP contribution in [0.3, 0.4) is 0 Å². The van der Waals surface area contributed by atoms with Crippen molar-refractivity contribution in [1.82, 2.24) is 9.91 Å². The van der Waals surface area contributed by atoms with E-state index in [1.54, 1.807) is 21.3 Å². The van der Waals surface area contributed by atoms with E-state index in [0.717, 1.165) is 22.6 Å². The van der Waals surface area contributed by atoms with Gasteiger partial charge in [-0.3, -0.25) is 9.59 Å². The van der Waals surface area contributed by atoms with Crippen molar-refractivity contribution in [3.8, 4) is 11.5 Å². The zero-order chi connectivity index (χ0) is 24.5. The molecule has 0 aliphatic carbocycles. The number of carbonyl (C=O) groups is 2. The summed E-state index contributed by atoms with van der Waals surface area (Å²) in [5.41, 5.74) is 2.50. The van der Waals surface area contributed by atoms with Crippen LogP contribution in [0, 0.1) is 0 Å². The molecule has 0 saturated carbocycles. The molecule has 0 saturated heterocycles. The Morgan fingerprint density at radius 3 is 2.38 bits per heavy atom. The van der Waals surface area contributed by atoms with Crippen molar-refractivity contribution in [3.05, 3.63) is 59.7 Å². The van der Waals surface area contributed by atoms with Gasteiger partial charge in [0.25, 0.3) is 5.91 Å². The van der Waals surface area contributed by atoms with Crippen molar-refractivity contribution in [2.24, 2.45) is 5.10 Å². The number of benzene rings is 2. The molecule has 1 heterocycles. The smallest absolute Gasteiger partial charge is 0.262 e. The number of amides is 2. The molecule has 0 aromatic heterocycles. The summed E-state index contributed by atoms with van der Waals surface area (Å²) in [6, 6.07) is 14.7. The van der Waals surface area contributed by atoms with Crippen molar-refractivity contribution in [2.75, 3.05) is 54.7 Å². The number of hydrogen-bond donors (Lipinski definition) is 0. The van der Waals surface area contributed by atoms with Crippen molar-refractivity contribution >= 4 is 17.5 Å². The Hall–Kier alpha value is -3.43. The molecular formula is C25H31N3O6. The average Bonchev–Trinajstić information content (AvgIpc) is 3.32. The number of nitrogens with zero attached hydrogens (tertiary/aromatic N) is 3. The zero-order valence-corrected chi connectivity index (χ0v) is 20.0. The third-order valence-corrected chi connectivity index (χ3v) is 5.60. The molecule has 1 aliphatic heterocycles. The molecule has 0 unspecified atom stereocenters. The molecule has 1 aliphatic rings. The van der Waals surface area contributed by atoms with Gasteiger partial charge in [-0.15, -0.1) is 0 Å². The third-order valence-electron chi connectivity index (χ3n) is 5.60. The minimum atomic E-state index is -0.373. The number of methoxy groups -OCH3 is 4. The van der Waals surface area contributed by atoms with Gasteiger partial charge in [0.2, 0.25) is 5.91 Å². The van der Waals surface area contributed by atoms with Gasteiger partial charge in [0, 0.05) is 32.7 Å². The monoisotopic (exact) mass is 469 g/mol. The van der Waals surface area contributed by atoms with E-state index in [2.05, 4.69) is 5.10 Å². The number of ether oxygens (including phenoxy) is 4. The Morgan fingerprint density at radius 1 is 1.00 bits per heavy atom. The Balaban J connectivity index is 1.92. The van der Waals surface area contributed by atoms with E-state index in [4.69, 9.17) is 18.9 Å². The summed E-state index contributed by atoms with van der Waals surface area (Å²) in [6.07, 6.45) is 0.503. The minimum Gasteiger partial charge on any atom is -0.497 e.